The molecule has 0 spiro atoms. The second kappa shape index (κ2) is 3.62. The zero-order valence-corrected chi connectivity index (χ0v) is 8.86. The first-order valence-corrected chi connectivity index (χ1v) is 4.78. The molecule has 15 heavy (non-hydrogen) atoms. The van der Waals surface area contributed by atoms with Crippen LogP contribution in [0, 0.1) is 19.3 Å². The van der Waals surface area contributed by atoms with Crippen molar-refractivity contribution in [3.63, 3.8) is 0 Å². The lowest BCUT2D eigenvalue weighted by atomic mass is 10.3. The Bertz CT molecular complexity index is 512. The molecule has 2 aliphatic rings. The smallest absolute Gasteiger partial charge is 0.0749 e. The van der Waals surface area contributed by atoms with Gasteiger partial charge in [-0.25, -0.2) is 0 Å². The van der Waals surface area contributed by atoms with Gasteiger partial charge in [0.1, 0.15) is 0 Å². The van der Waals surface area contributed by atoms with Crippen LogP contribution in [0.4, 0.5) is 0 Å². The number of nitrogens with zero attached hydrogens (tertiary/aromatic N) is 2. The van der Waals surface area contributed by atoms with Gasteiger partial charge in [-0.3, -0.25) is 4.68 Å². The van der Waals surface area contributed by atoms with Gasteiger partial charge in [0.05, 0.1) is 11.3 Å². The van der Waals surface area contributed by atoms with E-state index >= 15 is 0 Å². The van der Waals surface area contributed by atoms with Gasteiger partial charge in [-0.2, -0.15) is 5.10 Å². The Labute approximate surface area is 89.6 Å². The van der Waals surface area contributed by atoms with E-state index in [0.717, 1.165) is 11.3 Å². The van der Waals surface area contributed by atoms with Crippen molar-refractivity contribution in [2.24, 2.45) is 7.05 Å². The molecule has 0 bridgehead atoms. The summed E-state index contributed by atoms with van der Waals surface area (Å²) in [6.07, 6.45) is 6.99. The molecule has 0 radical (unpaired) electrons. The number of benzene rings is 1. The summed E-state index contributed by atoms with van der Waals surface area (Å²) in [6.45, 7) is 1.90. The highest BCUT2D eigenvalue weighted by Crippen LogP contribution is 2.32. The van der Waals surface area contributed by atoms with Gasteiger partial charge in [0.2, 0.25) is 0 Å². The molecule has 2 nitrogen and oxygen atoms in total. The van der Waals surface area contributed by atoms with E-state index in [1.54, 1.807) is 4.68 Å². The lowest BCUT2D eigenvalue weighted by Gasteiger charge is -1.79. The number of aromatic nitrogens is 2. The number of rotatable bonds is 0. The summed E-state index contributed by atoms with van der Waals surface area (Å²) in [6, 6.07) is 8.48. The van der Waals surface area contributed by atoms with Crippen LogP contribution in [0.25, 0.3) is 11.1 Å². The topological polar surface area (TPSA) is 17.8 Å². The van der Waals surface area contributed by atoms with E-state index in [4.69, 9.17) is 6.42 Å². The molecular formula is C13H12N2. The molecule has 1 aromatic heterocycles. The lowest BCUT2D eigenvalue weighted by molar-refractivity contribution is 0.756. The standard InChI is InChI=1S/C7H8N2.C6H4/c1-4-7-5-9(3)8-6(7)2;1-2-5-4-6(5)3-1/h1,5H,2-3H3;1-4H. The van der Waals surface area contributed by atoms with Crippen LogP contribution in [-0.2, 0) is 7.05 Å². The van der Waals surface area contributed by atoms with Gasteiger partial charge in [-0.1, -0.05) is 24.1 Å². The lowest BCUT2D eigenvalue weighted by Crippen LogP contribution is -1.86. The van der Waals surface area contributed by atoms with Crippen LogP contribution < -0.4 is 0 Å². The maximum Gasteiger partial charge on any atom is 0.0749 e. The Hall–Kier alpha value is -2.01. The molecule has 0 aliphatic heterocycles. The Morgan fingerprint density at radius 1 is 1.33 bits per heavy atom. The first-order chi connectivity index (χ1) is 7.20. The van der Waals surface area contributed by atoms with E-state index in [-0.39, 0.29) is 0 Å². The van der Waals surface area contributed by atoms with Gasteiger partial charge >= 0.3 is 0 Å². The summed E-state index contributed by atoms with van der Waals surface area (Å²) >= 11 is 0. The van der Waals surface area contributed by atoms with Crippen LogP contribution >= 0.6 is 0 Å². The fourth-order valence-corrected chi connectivity index (χ4v) is 1.42. The highest BCUT2D eigenvalue weighted by Gasteiger charge is 2.06. The Balaban J connectivity index is 0.000000121. The van der Waals surface area contributed by atoms with Crippen molar-refractivity contribution in [1.82, 2.24) is 9.78 Å². The van der Waals surface area contributed by atoms with Gasteiger partial charge in [-0.05, 0) is 24.1 Å². The molecule has 0 saturated heterocycles. The number of hydrogen-bond donors (Lipinski definition) is 0. The molecule has 3 rings (SSSR count). The van der Waals surface area contributed by atoms with E-state index in [0.29, 0.717) is 0 Å². The SMILES string of the molecule is C#Cc1cn(C)nc1C.c1cc2cc-2c1. The number of fused-ring (bicyclic) bond motifs is 1. The third-order valence-electron chi connectivity index (χ3n) is 2.28. The van der Waals surface area contributed by atoms with Crippen LogP contribution in [0.3, 0.4) is 0 Å². The minimum absolute atomic E-state index is 0.873. The molecule has 1 heterocycles. The molecular weight excluding hydrogens is 184 g/mol. The first-order valence-electron chi connectivity index (χ1n) is 4.78. The predicted molar refractivity (Wildman–Crippen MR) is 61.3 cm³/mol. The Kier molecular flexibility index (Phi) is 2.31. The molecule has 1 aromatic rings. The number of terminal acetylenes is 1. The first kappa shape index (κ1) is 9.54. The average Bonchev–Trinajstić information content (AvgIpc) is 2.68. The predicted octanol–water partition coefficient (Wildman–Crippen LogP) is 2.38. The van der Waals surface area contributed by atoms with Crippen molar-refractivity contribution in [2.45, 2.75) is 6.92 Å². The summed E-state index contributed by atoms with van der Waals surface area (Å²) in [5.74, 6) is 2.53. The van der Waals surface area contributed by atoms with Gasteiger partial charge in [0, 0.05) is 13.2 Å². The van der Waals surface area contributed by atoms with Crippen molar-refractivity contribution in [3.8, 4) is 23.5 Å². The zero-order valence-electron chi connectivity index (χ0n) is 8.86. The summed E-state index contributed by atoms with van der Waals surface area (Å²) in [5.41, 5.74) is 4.64. The molecule has 2 heteroatoms. The second-order valence-electron chi connectivity index (χ2n) is 3.53. The van der Waals surface area contributed by atoms with Crippen molar-refractivity contribution < 1.29 is 0 Å². The van der Waals surface area contributed by atoms with Gasteiger partial charge in [0.15, 0.2) is 0 Å². The number of aryl methyl sites for hydroxylation is 2. The summed E-state index contributed by atoms with van der Waals surface area (Å²) < 4.78 is 1.71. The quantitative estimate of drug-likeness (QED) is 0.505. The molecule has 0 N–H and O–H groups in total. The van der Waals surface area contributed by atoms with E-state index in [1.165, 1.54) is 11.1 Å². The largest absolute Gasteiger partial charge is 0.274 e. The minimum Gasteiger partial charge on any atom is -0.274 e. The third kappa shape index (κ3) is 2.08. The molecule has 0 amide bonds. The van der Waals surface area contributed by atoms with Crippen molar-refractivity contribution in [3.05, 3.63) is 41.7 Å². The normalized spacial score (nSPS) is 9.93. The van der Waals surface area contributed by atoms with Crippen molar-refractivity contribution in [1.29, 1.82) is 0 Å². The number of hydrogen-bond acceptors (Lipinski definition) is 1. The molecule has 0 aromatic carbocycles. The van der Waals surface area contributed by atoms with Crippen molar-refractivity contribution >= 4 is 0 Å². The molecule has 0 unspecified atom stereocenters. The van der Waals surface area contributed by atoms with Crippen molar-refractivity contribution in [2.75, 3.05) is 0 Å². The van der Waals surface area contributed by atoms with E-state index < -0.39 is 0 Å². The summed E-state index contributed by atoms with van der Waals surface area (Å²) in [7, 11) is 1.86. The molecule has 2 aliphatic carbocycles. The summed E-state index contributed by atoms with van der Waals surface area (Å²) in [4.78, 5) is 0. The van der Waals surface area contributed by atoms with E-state index in [1.807, 2.05) is 20.2 Å². The van der Waals surface area contributed by atoms with E-state index in [2.05, 4.69) is 35.3 Å². The molecule has 74 valence electrons. The molecule has 0 fully saturated rings. The third-order valence-corrected chi connectivity index (χ3v) is 2.28. The second-order valence-corrected chi connectivity index (χ2v) is 3.53. The Morgan fingerprint density at radius 3 is 2.20 bits per heavy atom. The fraction of sp³-hybridized carbons (Fsp3) is 0.154. The van der Waals surface area contributed by atoms with Gasteiger partial charge in [0.25, 0.3) is 0 Å². The maximum absolute atomic E-state index is 5.16. The molecule has 0 atom stereocenters. The van der Waals surface area contributed by atoms with Crippen LogP contribution in [-0.4, -0.2) is 9.78 Å². The zero-order chi connectivity index (χ0) is 10.8. The highest BCUT2D eigenvalue weighted by molar-refractivity contribution is 5.80. The van der Waals surface area contributed by atoms with Crippen LogP contribution in [0.1, 0.15) is 11.3 Å². The highest BCUT2D eigenvalue weighted by atomic mass is 15.2. The monoisotopic (exact) mass is 196 g/mol. The fourth-order valence-electron chi connectivity index (χ4n) is 1.42. The molecule has 0 saturated carbocycles. The minimum atomic E-state index is 0.873. The van der Waals surface area contributed by atoms with Crippen LogP contribution in [0.2, 0.25) is 0 Å². The maximum atomic E-state index is 5.16. The van der Waals surface area contributed by atoms with Gasteiger partial charge in [-0.15, -0.1) is 6.42 Å². The van der Waals surface area contributed by atoms with Gasteiger partial charge < -0.3 is 0 Å². The van der Waals surface area contributed by atoms with Crippen LogP contribution in [0.5, 0.6) is 0 Å². The Morgan fingerprint density at radius 2 is 2.00 bits per heavy atom. The summed E-state index contributed by atoms with van der Waals surface area (Å²) in [5, 5.41) is 4.06. The van der Waals surface area contributed by atoms with E-state index in [9.17, 15) is 0 Å². The average molecular weight is 196 g/mol. The van der Waals surface area contributed by atoms with Crippen LogP contribution in [0.15, 0.2) is 30.5 Å².